The fourth-order valence-corrected chi connectivity index (χ4v) is 2.79. The lowest BCUT2D eigenvalue weighted by atomic mass is 10.0. The topological polar surface area (TPSA) is 75.4 Å². The molecule has 1 aliphatic rings. The van der Waals surface area contributed by atoms with E-state index < -0.39 is 0 Å². The van der Waals surface area contributed by atoms with E-state index in [0.29, 0.717) is 24.3 Å². The van der Waals surface area contributed by atoms with Crippen LogP contribution in [-0.4, -0.2) is 35.8 Å². The summed E-state index contributed by atoms with van der Waals surface area (Å²) >= 11 is 3.33. The highest BCUT2D eigenvalue weighted by Crippen LogP contribution is 2.21. The van der Waals surface area contributed by atoms with Crippen molar-refractivity contribution in [1.29, 1.82) is 0 Å². The zero-order valence-electron chi connectivity index (χ0n) is 11.4. The van der Waals surface area contributed by atoms with E-state index in [-0.39, 0.29) is 17.9 Å². The number of anilines is 1. The molecular formula is C14H18BrN3O2. The van der Waals surface area contributed by atoms with Gasteiger partial charge in [-0.15, -0.1) is 0 Å². The van der Waals surface area contributed by atoms with Crippen molar-refractivity contribution in [3.63, 3.8) is 0 Å². The van der Waals surface area contributed by atoms with Crippen LogP contribution < -0.4 is 11.1 Å². The predicted octanol–water partition coefficient (Wildman–Crippen LogP) is 1.77. The molecule has 1 saturated heterocycles. The van der Waals surface area contributed by atoms with Crippen molar-refractivity contribution in [3.8, 4) is 0 Å². The maximum Gasteiger partial charge on any atom is 0.255 e. The summed E-state index contributed by atoms with van der Waals surface area (Å²) < 4.78 is 0.857. The Kier molecular flexibility index (Phi) is 4.65. The van der Waals surface area contributed by atoms with Gasteiger partial charge in [-0.1, -0.05) is 15.9 Å². The van der Waals surface area contributed by atoms with Crippen molar-refractivity contribution in [2.24, 2.45) is 0 Å². The van der Waals surface area contributed by atoms with Crippen LogP contribution in [-0.2, 0) is 4.79 Å². The number of hydrogen-bond donors (Lipinski definition) is 2. The summed E-state index contributed by atoms with van der Waals surface area (Å²) in [4.78, 5) is 25.2. The Hall–Kier alpha value is -1.56. The van der Waals surface area contributed by atoms with Gasteiger partial charge in [-0.25, -0.2) is 0 Å². The lowest BCUT2D eigenvalue weighted by Crippen LogP contribution is -2.46. The number of carbonyl (C=O) groups excluding carboxylic acids is 2. The number of halogens is 1. The second-order valence-corrected chi connectivity index (χ2v) is 5.91. The van der Waals surface area contributed by atoms with Gasteiger partial charge >= 0.3 is 0 Å². The zero-order valence-corrected chi connectivity index (χ0v) is 12.9. The van der Waals surface area contributed by atoms with E-state index in [4.69, 9.17) is 5.73 Å². The summed E-state index contributed by atoms with van der Waals surface area (Å²) in [7, 11) is 0. The normalized spacial score (nSPS) is 16.0. The maximum absolute atomic E-state index is 12.4. The maximum atomic E-state index is 12.4. The van der Waals surface area contributed by atoms with Gasteiger partial charge in [-0.3, -0.25) is 9.59 Å². The molecule has 0 bridgehead atoms. The Labute approximate surface area is 126 Å². The van der Waals surface area contributed by atoms with Gasteiger partial charge in [0.05, 0.1) is 5.56 Å². The average molecular weight is 340 g/mol. The highest BCUT2D eigenvalue weighted by molar-refractivity contribution is 9.10. The highest BCUT2D eigenvalue weighted by atomic mass is 79.9. The fraction of sp³-hybridized carbons (Fsp3) is 0.429. The van der Waals surface area contributed by atoms with E-state index >= 15 is 0 Å². The molecule has 2 rings (SSSR count). The minimum Gasteiger partial charge on any atom is -0.398 e. The first-order valence-corrected chi connectivity index (χ1v) is 7.38. The third kappa shape index (κ3) is 3.50. The van der Waals surface area contributed by atoms with Crippen molar-refractivity contribution < 1.29 is 9.59 Å². The van der Waals surface area contributed by atoms with Gasteiger partial charge in [-0.05, 0) is 31.0 Å². The molecule has 5 nitrogen and oxygen atoms in total. The lowest BCUT2D eigenvalue weighted by Gasteiger charge is -2.32. The first-order valence-electron chi connectivity index (χ1n) is 6.59. The van der Waals surface area contributed by atoms with Crippen molar-refractivity contribution in [2.45, 2.75) is 25.8 Å². The van der Waals surface area contributed by atoms with E-state index in [1.807, 2.05) is 6.07 Å². The van der Waals surface area contributed by atoms with E-state index in [0.717, 1.165) is 17.3 Å². The van der Waals surface area contributed by atoms with Gasteiger partial charge in [-0.2, -0.15) is 0 Å². The van der Waals surface area contributed by atoms with Gasteiger partial charge in [0, 0.05) is 36.2 Å². The number of piperidine rings is 1. The summed E-state index contributed by atoms with van der Waals surface area (Å²) in [5.41, 5.74) is 6.90. The number of nitrogens with two attached hydrogens (primary N) is 1. The number of nitrogen functional groups attached to an aromatic ring is 1. The molecule has 0 atom stereocenters. The largest absolute Gasteiger partial charge is 0.398 e. The van der Waals surface area contributed by atoms with E-state index in [1.54, 1.807) is 17.0 Å². The number of nitrogens with zero attached hydrogens (tertiary/aromatic N) is 1. The Bertz CT molecular complexity index is 525. The molecule has 3 N–H and O–H groups in total. The molecule has 0 saturated carbocycles. The molecule has 1 aliphatic heterocycles. The summed E-state index contributed by atoms with van der Waals surface area (Å²) in [6.45, 7) is 2.79. The molecule has 1 aromatic carbocycles. The van der Waals surface area contributed by atoms with Crippen LogP contribution in [0.25, 0.3) is 0 Å². The van der Waals surface area contributed by atoms with E-state index in [1.165, 1.54) is 6.92 Å². The fourth-order valence-electron chi connectivity index (χ4n) is 2.41. The molecule has 1 aromatic rings. The van der Waals surface area contributed by atoms with Crippen LogP contribution in [0, 0.1) is 0 Å². The third-order valence-corrected chi connectivity index (χ3v) is 3.93. The van der Waals surface area contributed by atoms with Gasteiger partial charge in [0.1, 0.15) is 0 Å². The minimum absolute atomic E-state index is 0.0214. The van der Waals surface area contributed by atoms with E-state index in [9.17, 15) is 9.59 Å². The highest BCUT2D eigenvalue weighted by Gasteiger charge is 2.24. The summed E-state index contributed by atoms with van der Waals surface area (Å²) in [6, 6.07) is 5.45. The van der Waals surface area contributed by atoms with Crippen molar-refractivity contribution >= 4 is 33.4 Å². The lowest BCUT2D eigenvalue weighted by molar-refractivity contribution is -0.119. The van der Waals surface area contributed by atoms with Crippen LogP contribution in [0.1, 0.15) is 30.1 Å². The van der Waals surface area contributed by atoms with Crippen LogP contribution in [0.4, 0.5) is 5.69 Å². The number of likely N-dealkylation sites (tertiary alicyclic amines) is 1. The second kappa shape index (κ2) is 6.26. The molecule has 108 valence electrons. The smallest absolute Gasteiger partial charge is 0.255 e. The van der Waals surface area contributed by atoms with Crippen molar-refractivity contribution in [2.75, 3.05) is 18.8 Å². The number of rotatable bonds is 2. The summed E-state index contributed by atoms with van der Waals surface area (Å²) in [5.74, 6) is -0.0665. The minimum atomic E-state index is -0.0451. The van der Waals surface area contributed by atoms with Crippen LogP contribution in [0.15, 0.2) is 22.7 Å². The average Bonchev–Trinajstić information content (AvgIpc) is 2.38. The van der Waals surface area contributed by atoms with Gasteiger partial charge < -0.3 is 16.0 Å². The quantitative estimate of drug-likeness (QED) is 0.806. The SMILES string of the molecule is CC(=O)NC1CCN(C(=O)c2ccc(Br)cc2N)CC1. The number of carbonyl (C=O) groups is 2. The molecule has 1 fully saturated rings. The molecule has 0 radical (unpaired) electrons. The first-order chi connectivity index (χ1) is 9.47. The Morgan fingerprint density at radius 3 is 2.55 bits per heavy atom. The van der Waals surface area contributed by atoms with Crippen LogP contribution in [0.5, 0.6) is 0 Å². The molecule has 0 spiro atoms. The molecule has 2 amide bonds. The van der Waals surface area contributed by atoms with Crippen molar-refractivity contribution in [1.82, 2.24) is 10.2 Å². The van der Waals surface area contributed by atoms with Gasteiger partial charge in [0.15, 0.2) is 0 Å². The number of amides is 2. The molecule has 0 aliphatic carbocycles. The number of hydrogen-bond acceptors (Lipinski definition) is 3. The predicted molar refractivity (Wildman–Crippen MR) is 81.3 cm³/mol. The van der Waals surface area contributed by atoms with Crippen LogP contribution in [0.3, 0.4) is 0 Å². The Morgan fingerprint density at radius 2 is 2.00 bits per heavy atom. The summed E-state index contributed by atoms with van der Waals surface area (Å²) in [6.07, 6.45) is 1.56. The summed E-state index contributed by atoms with van der Waals surface area (Å²) in [5, 5.41) is 2.89. The third-order valence-electron chi connectivity index (χ3n) is 3.43. The van der Waals surface area contributed by atoms with Crippen LogP contribution in [0.2, 0.25) is 0 Å². The zero-order chi connectivity index (χ0) is 14.7. The molecule has 0 unspecified atom stereocenters. The number of benzene rings is 1. The van der Waals surface area contributed by atoms with Gasteiger partial charge in [0.2, 0.25) is 5.91 Å². The first kappa shape index (κ1) is 14.8. The molecular weight excluding hydrogens is 322 g/mol. The number of nitrogens with one attached hydrogen (secondary N) is 1. The molecule has 6 heteroatoms. The molecule has 0 aromatic heterocycles. The van der Waals surface area contributed by atoms with E-state index in [2.05, 4.69) is 21.2 Å². The standard InChI is InChI=1S/C14H18BrN3O2/c1-9(19)17-11-4-6-18(7-5-11)14(20)12-3-2-10(15)8-13(12)16/h2-3,8,11H,4-7,16H2,1H3,(H,17,19). The van der Waals surface area contributed by atoms with Crippen LogP contribution >= 0.6 is 15.9 Å². The van der Waals surface area contributed by atoms with Gasteiger partial charge in [0.25, 0.3) is 5.91 Å². The Morgan fingerprint density at radius 1 is 1.35 bits per heavy atom. The Balaban J connectivity index is 1.99. The molecule has 1 heterocycles. The second-order valence-electron chi connectivity index (χ2n) is 5.00. The molecule has 20 heavy (non-hydrogen) atoms. The monoisotopic (exact) mass is 339 g/mol. The van der Waals surface area contributed by atoms with Crippen molar-refractivity contribution in [3.05, 3.63) is 28.2 Å².